The molecule has 0 amide bonds. The molecule has 6 heteroatoms. The van der Waals surface area contributed by atoms with Crippen LogP contribution in [0.5, 0.6) is 0 Å². The third-order valence-electron chi connectivity index (χ3n) is 3.60. The van der Waals surface area contributed by atoms with Crippen LogP contribution in [0.15, 0.2) is 0 Å². The molecular formula is C8H10F3NO2. The van der Waals surface area contributed by atoms with Gasteiger partial charge >= 0.3 is 12.1 Å². The predicted octanol–water partition coefficient (Wildman–Crippen LogP) is 1.13. The van der Waals surface area contributed by atoms with E-state index in [-0.39, 0.29) is 19.3 Å². The van der Waals surface area contributed by atoms with Gasteiger partial charge in [-0.1, -0.05) is 0 Å². The van der Waals surface area contributed by atoms with E-state index in [0.29, 0.717) is 0 Å². The minimum atomic E-state index is -4.20. The molecule has 0 spiro atoms. The summed E-state index contributed by atoms with van der Waals surface area (Å²) in [5, 5.41) is 8.59. The largest absolute Gasteiger partial charge is 0.480 e. The van der Waals surface area contributed by atoms with Crippen molar-refractivity contribution in [1.82, 2.24) is 0 Å². The number of carboxylic acids is 1. The van der Waals surface area contributed by atoms with E-state index >= 15 is 0 Å². The normalized spacial score (nSPS) is 42.3. The number of aliphatic carboxylic acids is 1. The summed E-state index contributed by atoms with van der Waals surface area (Å²) >= 11 is 0. The van der Waals surface area contributed by atoms with Gasteiger partial charge < -0.3 is 10.8 Å². The van der Waals surface area contributed by atoms with Crippen molar-refractivity contribution in [2.45, 2.75) is 31.5 Å². The highest BCUT2D eigenvalue weighted by molar-refractivity contribution is 5.75. The highest BCUT2D eigenvalue weighted by Gasteiger charge is 2.80. The summed E-state index contributed by atoms with van der Waals surface area (Å²) in [7, 11) is 0. The molecule has 0 heterocycles. The minimum Gasteiger partial charge on any atom is -0.480 e. The summed E-state index contributed by atoms with van der Waals surface area (Å²) in [6.07, 6.45) is -4.54. The predicted molar refractivity (Wildman–Crippen MR) is 40.4 cm³/mol. The van der Waals surface area contributed by atoms with Gasteiger partial charge in [0.2, 0.25) is 0 Å². The number of carboxylic acid groups (broad SMARTS) is 1. The highest BCUT2D eigenvalue weighted by atomic mass is 19.4. The Kier molecular flexibility index (Phi) is 1.56. The molecule has 3 saturated carbocycles. The lowest BCUT2D eigenvalue weighted by Crippen LogP contribution is -2.74. The van der Waals surface area contributed by atoms with E-state index in [2.05, 4.69) is 0 Å². The second kappa shape index (κ2) is 2.24. The van der Waals surface area contributed by atoms with E-state index in [0.717, 1.165) is 0 Å². The van der Waals surface area contributed by atoms with Gasteiger partial charge in [0.05, 0.1) is 5.41 Å². The molecule has 1 atom stereocenters. The first-order valence-electron chi connectivity index (χ1n) is 4.28. The van der Waals surface area contributed by atoms with Gasteiger partial charge in [0.1, 0.15) is 6.04 Å². The van der Waals surface area contributed by atoms with Crippen molar-refractivity contribution in [2.24, 2.45) is 16.6 Å². The Balaban J connectivity index is 2.04. The molecule has 14 heavy (non-hydrogen) atoms. The van der Waals surface area contributed by atoms with Crippen LogP contribution in [0.25, 0.3) is 0 Å². The SMILES string of the molecule is N[C@H](C(=O)O)C12CC(C(F)(F)F)(C1)C2. The average molecular weight is 209 g/mol. The summed E-state index contributed by atoms with van der Waals surface area (Å²) in [6.45, 7) is 0. The lowest BCUT2D eigenvalue weighted by molar-refractivity contribution is -0.366. The van der Waals surface area contributed by atoms with Gasteiger partial charge in [0, 0.05) is 0 Å². The molecule has 3 nitrogen and oxygen atoms in total. The smallest absolute Gasteiger partial charge is 0.394 e. The van der Waals surface area contributed by atoms with Crippen LogP contribution in [0.3, 0.4) is 0 Å². The number of alkyl halides is 3. The fourth-order valence-corrected chi connectivity index (χ4v) is 2.76. The van der Waals surface area contributed by atoms with Gasteiger partial charge in [-0.05, 0) is 24.7 Å². The number of rotatable bonds is 2. The molecule has 3 N–H and O–H groups in total. The monoisotopic (exact) mass is 209 g/mol. The van der Waals surface area contributed by atoms with Crippen LogP contribution >= 0.6 is 0 Å². The average Bonchev–Trinajstić information content (AvgIpc) is 1.76. The molecule has 80 valence electrons. The molecular weight excluding hydrogens is 199 g/mol. The van der Waals surface area contributed by atoms with Gasteiger partial charge in [-0.25, -0.2) is 0 Å². The summed E-state index contributed by atoms with van der Waals surface area (Å²) in [6, 6.07) is -1.15. The number of hydrogen-bond acceptors (Lipinski definition) is 2. The number of carbonyl (C=O) groups is 1. The molecule has 3 rings (SSSR count). The van der Waals surface area contributed by atoms with E-state index in [1.807, 2.05) is 0 Å². The van der Waals surface area contributed by atoms with Crippen LogP contribution in [-0.2, 0) is 4.79 Å². The zero-order valence-electron chi connectivity index (χ0n) is 7.27. The maximum absolute atomic E-state index is 12.4. The standard InChI is InChI=1S/C8H10F3NO2/c9-8(10,11)7-1-6(2-7,3-7)4(12)5(13)14/h4H,1-3,12H2,(H,13,14)/t4-,6?,7?/m1/s1. The summed E-state index contributed by atoms with van der Waals surface area (Å²) in [4.78, 5) is 10.5. The van der Waals surface area contributed by atoms with Crippen molar-refractivity contribution in [3.8, 4) is 0 Å². The molecule has 0 unspecified atom stereocenters. The molecule has 3 fully saturated rings. The molecule has 3 aliphatic carbocycles. The molecule has 0 aromatic carbocycles. The van der Waals surface area contributed by atoms with Gasteiger partial charge in [-0.15, -0.1) is 0 Å². The highest BCUT2D eigenvalue weighted by Crippen LogP contribution is 2.79. The number of halogens is 3. The Bertz CT molecular complexity index is 280. The first-order valence-corrected chi connectivity index (χ1v) is 4.28. The first-order chi connectivity index (χ1) is 6.23. The topological polar surface area (TPSA) is 63.3 Å². The lowest BCUT2D eigenvalue weighted by Gasteiger charge is -2.71. The number of nitrogens with two attached hydrogens (primary N) is 1. The summed E-state index contributed by atoms with van der Waals surface area (Å²) in [5.41, 5.74) is 2.94. The van der Waals surface area contributed by atoms with Crippen LogP contribution in [0, 0.1) is 10.8 Å². The zero-order chi connectivity index (χ0) is 10.8. The maximum atomic E-state index is 12.4. The molecule has 0 saturated heterocycles. The van der Waals surface area contributed by atoms with Crippen molar-refractivity contribution in [2.75, 3.05) is 0 Å². The second-order valence-electron chi connectivity index (χ2n) is 4.49. The van der Waals surface area contributed by atoms with Gasteiger partial charge in [0.15, 0.2) is 0 Å². The first kappa shape index (κ1) is 9.76. The zero-order valence-corrected chi connectivity index (χ0v) is 7.27. The van der Waals surface area contributed by atoms with E-state index in [9.17, 15) is 18.0 Å². The van der Waals surface area contributed by atoms with Crippen molar-refractivity contribution in [3.05, 3.63) is 0 Å². The van der Waals surface area contributed by atoms with Crippen LogP contribution in [-0.4, -0.2) is 23.3 Å². The Morgan fingerprint density at radius 2 is 1.79 bits per heavy atom. The van der Waals surface area contributed by atoms with Gasteiger partial charge in [-0.3, -0.25) is 4.79 Å². The third kappa shape index (κ3) is 0.893. The Hall–Kier alpha value is -0.780. The molecule has 2 bridgehead atoms. The van der Waals surface area contributed by atoms with E-state index in [1.54, 1.807) is 0 Å². The quantitative estimate of drug-likeness (QED) is 0.716. The minimum absolute atomic E-state index is 0.114. The van der Waals surface area contributed by atoms with E-state index in [1.165, 1.54) is 0 Å². The maximum Gasteiger partial charge on any atom is 0.394 e. The third-order valence-corrected chi connectivity index (χ3v) is 3.60. The van der Waals surface area contributed by atoms with Crippen LogP contribution in [0.2, 0.25) is 0 Å². The van der Waals surface area contributed by atoms with E-state index < -0.39 is 29.0 Å². The fraction of sp³-hybridized carbons (Fsp3) is 0.875. The molecule has 0 aromatic heterocycles. The molecule has 0 aromatic rings. The summed E-state index contributed by atoms with van der Waals surface area (Å²) < 4.78 is 37.1. The fourth-order valence-electron chi connectivity index (χ4n) is 2.76. The van der Waals surface area contributed by atoms with Crippen LogP contribution in [0.4, 0.5) is 13.2 Å². The Morgan fingerprint density at radius 1 is 1.36 bits per heavy atom. The van der Waals surface area contributed by atoms with Gasteiger partial charge in [0.25, 0.3) is 0 Å². The van der Waals surface area contributed by atoms with Crippen molar-refractivity contribution in [3.63, 3.8) is 0 Å². The molecule has 0 radical (unpaired) electrons. The summed E-state index contributed by atoms with van der Waals surface area (Å²) in [5.74, 6) is -1.21. The Morgan fingerprint density at radius 3 is 2.07 bits per heavy atom. The van der Waals surface area contributed by atoms with Crippen molar-refractivity contribution >= 4 is 5.97 Å². The van der Waals surface area contributed by atoms with E-state index in [4.69, 9.17) is 10.8 Å². The van der Waals surface area contributed by atoms with Crippen molar-refractivity contribution < 1.29 is 23.1 Å². The van der Waals surface area contributed by atoms with Crippen molar-refractivity contribution in [1.29, 1.82) is 0 Å². The van der Waals surface area contributed by atoms with Crippen LogP contribution in [0.1, 0.15) is 19.3 Å². The number of hydrogen-bond donors (Lipinski definition) is 2. The molecule has 0 aliphatic heterocycles. The Labute approximate surface area is 78.1 Å². The second-order valence-corrected chi connectivity index (χ2v) is 4.49. The van der Waals surface area contributed by atoms with Crippen LogP contribution < -0.4 is 5.73 Å². The molecule has 3 aliphatic rings. The van der Waals surface area contributed by atoms with Gasteiger partial charge in [-0.2, -0.15) is 13.2 Å². The lowest BCUT2D eigenvalue weighted by atomic mass is 9.33.